The minimum absolute atomic E-state index is 0.0856. The van der Waals surface area contributed by atoms with E-state index in [9.17, 15) is 9.59 Å². The number of hydrogen-bond donors (Lipinski definition) is 2. The van der Waals surface area contributed by atoms with E-state index in [1.807, 2.05) is 0 Å². The number of amides is 1. The lowest BCUT2D eigenvalue weighted by Gasteiger charge is -2.08. The minimum atomic E-state index is -0.588. The van der Waals surface area contributed by atoms with Crippen molar-refractivity contribution >= 4 is 23.3 Å². The first-order valence-electron chi connectivity index (χ1n) is 7.30. The summed E-state index contributed by atoms with van der Waals surface area (Å²) < 4.78 is 9.72. The molecule has 10 nitrogen and oxygen atoms in total. The average Bonchev–Trinajstić information content (AvgIpc) is 3.13. The second-order valence-corrected chi connectivity index (χ2v) is 4.53. The van der Waals surface area contributed by atoms with Gasteiger partial charge in [0.1, 0.15) is 0 Å². The lowest BCUT2D eigenvalue weighted by Crippen LogP contribution is -2.25. The molecule has 0 atom stereocenters. The Bertz CT molecular complexity index is 745. The number of ether oxygens (including phenoxy) is 2. The van der Waals surface area contributed by atoms with Gasteiger partial charge in [-0.2, -0.15) is 5.10 Å². The fourth-order valence-corrected chi connectivity index (χ4v) is 1.74. The van der Waals surface area contributed by atoms with Crippen LogP contribution in [0.15, 0.2) is 35.7 Å². The van der Waals surface area contributed by atoms with E-state index in [1.165, 1.54) is 19.5 Å². The molecule has 1 amide bonds. The molecule has 0 aliphatic heterocycles. The number of rotatable bonds is 8. The first-order chi connectivity index (χ1) is 12.1. The molecule has 2 N–H and O–H groups in total. The van der Waals surface area contributed by atoms with Crippen molar-refractivity contribution in [2.24, 2.45) is 5.16 Å². The van der Waals surface area contributed by atoms with Gasteiger partial charge < -0.3 is 19.6 Å². The topological polar surface area (TPSA) is 128 Å². The van der Waals surface area contributed by atoms with Crippen molar-refractivity contribution in [3.05, 3.63) is 36.3 Å². The number of nitrogens with one attached hydrogen (secondary N) is 2. The Morgan fingerprint density at radius 3 is 2.84 bits per heavy atom. The molecule has 2 rings (SSSR count). The van der Waals surface area contributed by atoms with Gasteiger partial charge in [-0.1, -0.05) is 5.16 Å². The van der Waals surface area contributed by atoms with Crippen LogP contribution < -0.4 is 10.1 Å². The third-order valence-corrected chi connectivity index (χ3v) is 2.82. The fraction of sp³-hybridized carbons (Fsp3) is 0.267. The van der Waals surface area contributed by atoms with E-state index in [4.69, 9.17) is 14.3 Å². The van der Waals surface area contributed by atoms with Gasteiger partial charge in [0, 0.05) is 24.1 Å². The maximum Gasteiger partial charge on any atom is 0.347 e. The summed E-state index contributed by atoms with van der Waals surface area (Å²) in [5.41, 5.74) is 0.689. The van der Waals surface area contributed by atoms with Crippen molar-refractivity contribution in [2.45, 2.75) is 6.92 Å². The molecule has 132 valence electrons. The van der Waals surface area contributed by atoms with Crippen molar-refractivity contribution in [1.29, 1.82) is 0 Å². The van der Waals surface area contributed by atoms with E-state index in [2.05, 4.69) is 25.7 Å². The fourth-order valence-electron chi connectivity index (χ4n) is 1.74. The van der Waals surface area contributed by atoms with Gasteiger partial charge in [-0.25, -0.2) is 9.78 Å². The van der Waals surface area contributed by atoms with Gasteiger partial charge >= 0.3 is 5.97 Å². The van der Waals surface area contributed by atoms with Crippen molar-refractivity contribution in [3.8, 4) is 5.88 Å². The van der Waals surface area contributed by atoms with Crippen LogP contribution in [0.5, 0.6) is 5.88 Å². The Morgan fingerprint density at radius 2 is 2.16 bits per heavy atom. The number of aromatic nitrogens is 3. The predicted octanol–water partition coefficient (Wildman–Crippen LogP) is 0.736. The summed E-state index contributed by atoms with van der Waals surface area (Å²) in [6.45, 7) is 1.49. The highest BCUT2D eigenvalue weighted by atomic mass is 16.7. The van der Waals surface area contributed by atoms with Crippen LogP contribution in [0.4, 0.5) is 5.69 Å². The third-order valence-electron chi connectivity index (χ3n) is 2.82. The molecule has 0 bridgehead atoms. The Labute approximate surface area is 143 Å². The number of carbonyl (C=O) groups is 2. The Balaban J connectivity index is 2.12. The molecule has 10 heteroatoms. The van der Waals surface area contributed by atoms with Gasteiger partial charge in [-0.15, -0.1) is 0 Å². The second kappa shape index (κ2) is 9.01. The van der Waals surface area contributed by atoms with Crippen LogP contribution in [-0.4, -0.2) is 53.1 Å². The summed E-state index contributed by atoms with van der Waals surface area (Å²) in [5.74, 6) is -0.813. The number of H-pyrrole nitrogens is 1. The summed E-state index contributed by atoms with van der Waals surface area (Å²) in [7, 11) is 1.47. The number of nitrogens with zero attached hydrogens (tertiary/aromatic N) is 3. The second-order valence-electron chi connectivity index (χ2n) is 4.53. The molecule has 0 aromatic carbocycles. The molecular formula is C15H17N5O5. The molecule has 0 radical (unpaired) electrons. The molecule has 2 aromatic rings. The first-order valence-corrected chi connectivity index (χ1v) is 7.30. The SMILES string of the molecule is CCOC(=O)CO/N=C(/C(=O)Nc1ccnc(OC)c1)c1ccn[nH]1. The van der Waals surface area contributed by atoms with E-state index in [1.54, 1.807) is 25.1 Å². The number of anilines is 1. The van der Waals surface area contributed by atoms with Gasteiger partial charge in [0.25, 0.3) is 5.91 Å². The zero-order valence-electron chi connectivity index (χ0n) is 13.7. The van der Waals surface area contributed by atoms with E-state index in [-0.39, 0.29) is 12.3 Å². The zero-order valence-corrected chi connectivity index (χ0v) is 13.7. The number of carbonyl (C=O) groups excluding carboxylic acids is 2. The summed E-state index contributed by atoms with van der Waals surface area (Å²) >= 11 is 0. The highest BCUT2D eigenvalue weighted by Crippen LogP contribution is 2.14. The largest absolute Gasteiger partial charge is 0.481 e. The lowest BCUT2D eigenvalue weighted by molar-refractivity contribution is -0.148. The summed E-state index contributed by atoms with van der Waals surface area (Å²) in [6, 6.07) is 4.67. The van der Waals surface area contributed by atoms with Gasteiger partial charge in [0.05, 0.1) is 19.4 Å². The summed E-state index contributed by atoms with van der Waals surface area (Å²) in [6.07, 6.45) is 2.94. The Morgan fingerprint density at radius 1 is 1.32 bits per heavy atom. The van der Waals surface area contributed by atoms with Crippen molar-refractivity contribution < 1.29 is 23.9 Å². The molecule has 2 heterocycles. The zero-order chi connectivity index (χ0) is 18.1. The minimum Gasteiger partial charge on any atom is -0.481 e. The monoisotopic (exact) mass is 347 g/mol. The van der Waals surface area contributed by atoms with Crippen LogP contribution in [0.25, 0.3) is 0 Å². The van der Waals surface area contributed by atoms with E-state index in [0.717, 1.165) is 0 Å². The molecule has 0 fully saturated rings. The van der Waals surface area contributed by atoms with Crippen molar-refractivity contribution in [1.82, 2.24) is 15.2 Å². The normalized spacial score (nSPS) is 10.9. The first kappa shape index (κ1) is 17.9. The Hall–Kier alpha value is -3.43. The third kappa shape index (κ3) is 5.30. The van der Waals surface area contributed by atoms with Gasteiger partial charge in [0.15, 0.2) is 5.71 Å². The van der Waals surface area contributed by atoms with Crippen LogP contribution in [-0.2, 0) is 19.2 Å². The smallest absolute Gasteiger partial charge is 0.347 e. The molecular weight excluding hydrogens is 330 g/mol. The van der Waals surface area contributed by atoms with Crippen LogP contribution in [0.2, 0.25) is 0 Å². The van der Waals surface area contributed by atoms with Crippen molar-refractivity contribution in [2.75, 3.05) is 25.6 Å². The number of pyridine rings is 1. The molecule has 25 heavy (non-hydrogen) atoms. The molecule has 0 aliphatic carbocycles. The van der Waals surface area contributed by atoms with Crippen molar-refractivity contribution in [3.63, 3.8) is 0 Å². The summed E-state index contributed by atoms with van der Waals surface area (Å²) in [5, 5.41) is 12.7. The molecule has 2 aromatic heterocycles. The van der Waals surface area contributed by atoms with Gasteiger partial charge in [0.2, 0.25) is 12.5 Å². The average molecular weight is 347 g/mol. The summed E-state index contributed by atoms with van der Waals surface area (Å²) in [4.78, 5) is 32.6. The van der Waals surface area contributed by atoms with E-state index >= 15 is 0 Å². The molecule has 0 aliphatic rings. The number of oxime groups is 1. The maximum atomic E-state index is 12.5. The predicted molar refractivity (Wildman–Crippen MR) is 87.1 cm³/mol. The van der Waals surface area contributed by atoms with E-state index in [0.29, 0.717) is 17.3 Å². The standard InChI is InChI=1S/C15H17N5O5/c1-3-24-13(21)9-25-20-14(11-5-7-17-19-11)15(22)18-10-4-6-16-12(8-10)23-2/h4-8H,3,9H2,1-2H3,(H,17,19)(H,16,18,22)/b20-14+. The van der Waals surface area contributed by atoms with Crippen LogP contribution in [0.3, 0.4) is 0 Å². The lowest BCUT2D eigenvalue weighted by atomic mass is 10.2. The maximum absolute atomic E-state index is 12.5. The van der Waals surface area contributed by atoms with Gasteiger partial charge in [-0.05, 0) is 19.1 Å². The van der Waals surface area contributed by atoms with E-state index < -0.39 is 18.5 Å². The van der Waals surface area contributed by atoms with Gasteiger partial charge in [-0.3, -0.25) is 9.89 Å². The van der Waals surface area contributed by atoms with Crippen LogP contribution in [0.1, 0.15) is 12.6 Å². The number of hydrogen-bond acceptors (Lipinski definition) is 8. The number of aromatic amines is 1. The highest BCUT2D eigenvalue weighted by molar-refractivity contribution is 6.48. The van der Waals surface area contributed by atoms with Crippen LogP contribution >= 0.6 is 0 Å². The molecule has 0 saturated carbocycles. The Kier molecular flexibility index (Phi) is 6.46. The highest BCUT2D eigenvalue weighted by Gasteiger charge is 2.18. The van der Waals surface area contributed by atoms with Crippen LogP contribution in [0, 0.1) is 0 Å². The molecule has 0 spiro atoms. The quantitative estimate of drug-likeness (QED) is 0.409. The molecule has 0 saturated heterocycles. The number of esters is 1. The molecule has 0 unspecified atom stereocenters. The number of methoxy groups -OCH3 is 1.